The van der Waals surface area contributed by atoms with E-state index >= 15 is 0 Å². The van der Waals surface area contributed by atoms with Crippen LogP contribution in [0.4, 0.5) is 5.69 Å². The minimum absolute atomic E-state index is 0.0598. The van der Waals surface area contributed by atoms with Crippen LogP contribution in [0, 0.1) is 17.2 Å². The second-order valence-electron chi connectivity index (χ2n) is 6.62. The zero-order chi connectivity index (χ0) is 19.9. The Labute approximate surface area is 159 Å². The minimum Gasteiger partial charge on any atom is -0.483 e. The molecule has 2 rings (SSSR count). The number of nitrogens with zero attached hydrogens (tertiary/aromatic N) is 1. The van der Waals surface area contributed by atoms with Gasteiger partial charge >= 0.3 is 0 Å². The Hall–Kier alpha value is -3.33. The summed E-state index contributed by atoms with van der Waals surface area (Å²) in [5.41, 5.74) is 0.00259. The van der Waals surface area contributed by atoms with Gasteiger partial charge in [-0.25, -0.2) is 0 Å². The molecule has 0 fully saturated rings. The Morgan fingerprint density at radius 3 is 2.37 bits per heavy atom. The number of hydrogen-bond donors (Lipinski definition) is 2. The first-order valence-electron chi connectivity index (χ1n) is 8.66. The average Bonchev–Trinajstić information content (AvgIpc) is 2.67. The molecular formula is C21H23N3O3. The summed E-state index contributed by atoms with van der Waals surface area (Å²) in [5.74, 6) is -0.521. The van der Waals surface area contributed by atoms with Gasteiger partial charge in [-0.15, -0.1) is 0 Å². The van der Waals surface area contributed by atoms with E-state index in [-0.39, 0.29) is 18.4 Å². The van der Waals surface area contributed by atoms with Crippen molar-refractivity contribution < 1.29 is 14.3 Å². The van der Waals surface area contributed by atoms with Gasteiger partial charge in [0, 0.05) is 5.69 Å². The predicted octanol–water partition coefficient (Wildman–Crippen LogP) is 3.37. The van der Waals surface area contributed by atoms with Gasteiger partial charge in [-0.05, 0) is 37.1 Å². The van der Waals surface area contributed by atoms with Crippen molar-refractivity contribution in [3.05, 3.63) is 60.2 Å². The Kier molecular flexibility index (Phi) is 6.56. The van der Waals surface area contributed by atoms with Gasteiger partial charge in [0.25, 0.3) is 11.8 Å². The van der Waals surface area contributed by atoms with E-state index in [0.29, 0.717) is 17.0 Å². The van der Waals surface area contributed by atoms with Gasteiger partial charge < -0.3 is 15.4 Å². The summed E-state index contributed by atoms with van der Waals surface area (Å²) >= 11 is 0. The van der Waals surface area contributed by atoms with Crippen molar-refractivity contribution in [1.82, 2.24) is 5.32 Å². The molecule has 6 nitrogen and oxygen atoms in total. The fraction of sp³-hybridized carbons (Fsp3) is 0.286. The molecule has 0 heterocycles. The molecule has 0 aliphatic carbocycles. The number of anilines is 1. The molecule has 0 saturated carbocycles. The minimum atomic E-state index is -0.982. The van der Waals surface area contributed by atoms with Crippen LogP contribution < -0.4 is 15.4 Å². The summed E-state index contributed by atoms with van der Waals surface area (Å²) in [6.45, 7) is 5.08. The molecule has 6 heteroatoms. The lowest BCUT2D eigenvalue weighted by Crippen LogP contribution is -2.50. The molecule has 2 aromatic rings. The van der Waals surface area contributed by atoms with Crippen LogP contribution in [-0.2, 0) is 4.79 Å². The van der Waals surface area contributed by atoms with Crippen LogP contribution in [0.5, 0.6) is 5.75 Å². The highest BCUT2D eigenvalue weighted by molar-refractivity contribution is 6.06. The molecule has 27 heavy (non-hydrogen) atoms. The summed E-state index contributed by atoms with van der Waals surface area (Å²) in [7, 11) is 0. The number of rotatable bonds is 7. The van der Waals surface area contributed by atoms with Gasteiger partial charge in [0.1, 0.15) is 11.3 Å². The maximum absolute atomic E-state index is 12.5. The first-order chi connectivity index (χ1) is 12.9. The van der Waals surface area contributed by atoms with Crippen LogP contribution in [0.25, 0.3) is 0 Å². The van der Waals surface area contributed by atoms with Crippen LogP contribution in [0.15, 0.2) is 54.6 Å². The van der Waals surface area contributed by atoms with Crippen molar-refractivity contribution in [3.63, 3.8) is 0 Å². The lowest BCUT2D eigenvalue weighted by atomic mass is 9.90. The SMILES string of the molecule is CC(C)[C@@](C)(C#N)NC(=O)COc1ccccc1C(=O)Nc1ccccc1. The van der Waals surface area contributed by atoms with E-state index in [0.717, 1.165) is 0 Å². The summed E-state index contributed by atoms with van der Waals surface area (Å²) in [6.07, 6.45) is 0. The van der Waals surface area contributed by atoms with E-state index in [2.05, 4.69) is 16.7 Å². The maximum Gasteiger partial charge on any atom is 0.259 e. The lowest BCUT2D eigenvalue weighted by Gasteiger charge is -2.27. The summed E-state index contributed by atoms with van der Waals surface area (Å²) < 4.78 is 5.55. The van der Waals surface area contributed by atoms with E-state index in [9.17, 15) is 14.9 Å². The van der Waals surface area contributed by atoms with Crippen LogP contribution in [0.2, 0.25) is 0 Å². The van der Waals surface area contributed by atoms with Crippen LogP contribution >= 0.6 is 0 Å². The second-order valence-corrected chi connectivity index (χ2v) is 6.62. The summed E-state index contributed by atoms with van der Waals surface area (Å²) in [4.78, 5) is 24.7. The molecule has 0 aromatic heterocycles. The van der Waals surface area contributed by atoms with E-state index in [1.807, 2.05) is 32.0 Å². The standard InChI is InChI=1S/C21H23N3O3/c1-15(2)21(3,14-22)24-19(25)13-27-18-12-8-7-11-17(18)20(26)23-16-9-5-4-6-10-16/h4-12,15H,13H2,1-3H3,(H,23,26)(H,24,25)/t21-/m1/s1. The molecule has 2 N–H and O–H groups in total. The van der Waals surface area contributed by atoms with Crippen molar-refractivity contribution in [2.75, 3.05) is 11.9 Å². The maximum atomic E-state index is 12.5. The molecule has 0 aliphatic rings. The lowest BCUT2D eigenvalue weighted by molar-refractivity contribution is -0.124. The number of benzene rings is 2. The van der Waals surface area contributed by atoms with Gasteiger partial charge in [0.05, 0.1) is 11.6 Å². The molecule has 140 valence electrons. The number of ether oxygens (including phenoxy) is 1. The molecule has 0 aliphatic heterocycles. The normalized spacial score (nSPS) is 12.6. The number of amides is 2. The van der Waals surface area contributed by atoms with Gasteiger partial charge in [0.15, 0.2) is 6.61 Å². The summed E-state index contributed by atoms with van der Waals surface area (Å²) in [6, 6.07) is 17.9. The highest BCUT2D eigenvalue weighted by Crippen LogP contribution is 2.20. The predicted molar refractivity (Wildman–Crippen MR) is 103 cm³/mol. The van der Waals surface area contributed by atoms with E-state index in [4.69, 9.17) is 4.74 Å². The Balaban J connectivity index is 2.05. The topological polar surface area (TPSA) is 91.2 Å². The van der Waals surface area contributed by atoms with Gasteiger partial charge in [0.2, 0.25) is 0 Å². The van der Waals surface area contributed by atoms with Crippen LogP contribution in [0.1, 0.15) is 31.1 Å². The largest absolute Gasteiger partial charge is 0.483 e. The average molecular weight is 365 g/mol. The first kappa shape index (κ1) is 20.0. The Morgan fingerprint density at radius 1 is 1.11 bits per heavy atom. The molecule has 0 radical (unpaired) electrons. The third-order valence-corrected chi connectivity index (χ3v) is 4.31. The van der Waals surface area contributed by atoms with Gasteiger partial charge in [-0.2, -0.15) is 5.26 Å². The fourth-order valence-electron chi connectivity index (χ4n) is 2.27. The molecule has 0 unspecified atom stereocenters. The molecule has 2 aromatic carbocycles. The number of hydrogen-bond acceptors (Lipinski definition) is 4. The molecule has 0 spiro atoms. The number of carbonyl (C=O) groups is 2. The van der Waals surface area contributed by atoms with Crippen molar-refractivity contribution in [2.24, 2.45) is 5.92 Å². The molecule has 2 amide bonds. The quantitative estimate of drug-likeness (QED) is 0.787. The zero-order valence-corrected chi connectivity index (χ0v) is 15.7. The molecule has 0 saturated heterocycles. The second kappa shape index (κ2) is 8.86. The summed E-state index contributed by atoms with van der Waals surface area (Å²) in [5, 5.41) is 14.8. The smallest absolute Gasteiger partial charge is 0.259 e. The highest BCUT2D eigenvalue weighted by atomic mass is 16.5. The number of carbonyl (C=O) groups excluding carboxylic acids is 2. The van der Waals surface area contributed by atoms with Crippen molar-refractivity contribution in [3.8, 4) is 11.8 Å². The van der Waals surface area contributed by atoms with Crippen LogP contribution in [0.3, 0.4) is 0 Å². The Morgan fingerprint density at radius 2 is 1.74 bits per heavy atom. The Bertz CT molecular complexity index is 843. The first-order valence-corrected chi connectivity index (χ1v) is 8.66. The van der Waals surface area contributed by atoms with E-state index in [1.54, 1.807) is 43.3 Å². The van der Waals surface area contributed by atoms with Crippen LogP contribution in [-0.4, -0.2) is 24.0 Å². The van der Waals surface area contributed by atoms with Crippen molar-refractivity contribution in [1.29, 1.82) is 5.26 Å². The molecule has 0 bridgehead atoms. The molecule has 1 atom stereocenters. The van der Waals surface area contributed by atoms with Crippen molar-refractivity contribution in [2.45, 2.75) is 26.3 Å². The fourth-order valence-corrected chi connectivity index (χ4v) is 2.27. The zero-order valence-electron chi connectivity index (χ0n) is 15.7. The van der Waals surface area contributed by atoms with Gasteiger partial charge in [-0.3, -0.25) is 9.59 Å². The third-order valence-electron chi connectivity index (χ3n) is 4.31. The van der Waals surface area contributed by atoms with E-state index < -0.39 is 11.4 Å². The third kappa shape index (κ3) is 5.32. The monoisotopic (exact) mass is 365 g/mol. The number of nitrogens with one attached hydrogen (secondary N) is 2. The molecular weight excluding hydrogens is 342 g/mol. The van der Waals surface area contributed by atoms with Gasteiger partial charge in [-0.1, -0.05) is 44.2 Å². The number of para-hydroxylation sites is 2. The van der Waals surface area contributed by atoms with E-state index in [1.165, 1.54) is 0 Å². The van der Waals surface area contributed by atoms with Crippen molar-refractivity contribution >= 4 is 17.5 Å². The number of nitriles is 1. The highest BCUT2D eigenvalue weighted by Gasteiger charge is 2.30.